The van der Waals surface area contributed by atoms with Crippen molar-refractivity contribution in [1.82, 2.24) is 0 Å². The molecule has 0 aliphatic carbocycles. The van der Waals surface area contributed by atoms with Crippen LogP contribution in [0.5, 0.6) is 0 Å². The van der Waals surface area contributed by atoms with Gasteiger partial charge in [0.15, 0.2) is 0 Å². The number of hydrogen-bond donors (Lipinski definition) is 1. The quantitative estimate of drug-likeness (QED) is 0.706. The standard InChI is InChI=1S/C17H15NO2/c1-2-3-8-17(19)18-12-9-10-14-13-6-4-5-7-15(13)20-16(14)11-12/h2,4-7,9-11H,1,3,8H2,(H,18,19). The molecule has 0 radical (unpaired) electrons. The van der Waals surface area contributed by atoms with Crippen molar-refractivity contribution in [2.24, 2.45) is 0 Å². The SMILES string of the molecule is C=CCCC(=O)Nc1ccc2c(c1)oc1ccccc12. The average molecular weight is 265 g/mol. The highest BCUT2D eigenvalue weighted by Crippen LogP contribution is 2.30. The van der Waals surface area contributed by atoms with Gasteiger partial charge >= 0.3 is 0 Å². The molecule has 3 aromatic rings. The van der Waals surface area contributed by atoms with Crippen LogP contribution in [0, 0.1) is 0 Å². The Morgan fingerprint density at radius 1 is 1.15 bits per heavy atom. The molecule has 0 bridgehead atoms. The van der Waals surface area contributed by atoms with Crippen molar-refractivity contribution in [2.75, 3.05) is 5.32 Å². The number of carbonyl (C=O) groups excluding carboxylic acids is 1. The minimum Gasteiger partial charge on any atom is -0.456 e. The average Bonchev–Trinajstić information content (AvgIpc) is 2.82. The minimum absolute atomic E-state index is 0.0136. The molecule has 0 spiro atoms. The molecule has 1 heterocycles. The molecule has 3 rings (SSSR count). The molecule has 3 nitrogen and oxygen atoms in total. The highest BCUT2D eigenvalue weighted by Gasteiger charge is 2.08. The predicted molar refractivity (Wildman–Crippen MR) is 81.8 cm³/mol. The summed E-state index contributed by atoms with van der Waals surface area (Å²) >= 11 is 0. The van der Waals surface area contributed by atoms with Crippen LogP contribution < -0.4 is 5.32 Å². The zero-order valence-corrected chi connectivity index (χ0v) is 11.1. The third kappa shape index (κ3) is 2.30. The summed E-state index contributed by atoms with van der Waals surface area (Å²) in [5, 5.41) is 5.02. The van der Waals surface area contributed by atoms with Gasteiger partial charge in [-0.1, -0.05) is 24.3 Å². The number of fused-ring (bicyclic) bond motifs is 3. The highest BCUT2D eigenvalue weighted by molar-refractivity contribution is 6.06. The van der Waals surface area contributed by atoms with Crippen molar-refractivity contribution in [2.45, 2.75) is 12.8 Å². The maximum atomic E-state index is 11.7. The molecule has 1 aromatic heterocycles. The maximum absolute atomic E-state index is 11.7. The van der Waals surface area contributed by atoms with E-state index >= 15 is 0 Å². The van der Waals surface area contributed by atoms with Gasteiger partial charge < -0.3 is 9.73 Å². The lowest BCUT2D eigenvalue weighted by molar-refractivity contribution is -0.116. The van der Waals surface area contributed by atoms with Gasteiger partial charge in [-0.3, -0.25) is 4.79 Å². The number of para-hydroxylation sites is 1. The molecule has 100 valence electrons. The van der Waals surface area contributed by atoms with Crippen LogP contribution in [0.15, 0.2) is 59.5 Å². The molecule has 0 fully saturated rings. The second kappa shape index (κ2) is 5.21. The van der Waals surface area contributed by atoms with E-state index in [-0.39, 0.29) is 5.91 Å². The van der Waals surface area contributed by atoms with Crippen molar-refractivity contribution in [3.8, 4) is 0 Å². The van der Waals surface area contributed by atoms with Gasteiger partial charge in [-0.05, 0) is 24.6 Å². The Labute approximate surface area is 116 Å². The number of nitrogens with one attached hydrogen (secondary N) is 1. The number of amides is 1. The molecule has 0 aliphatic heterocycles. The van der Waals surface area contributed by atoms with Crippen LogP contribution in [0.3, 0.4) is 0 Å². The molecule has 2 aromatic carbocycles. The third-order valence-electron chi connectivity index (χ3n) is 3.24. The van der Waals surface area contributed by atoms with Gasteiger partial charge in [0.1, 0.15) is 11.2 Å². The second-order valence-electron chi connectivity index (χ2n) is 4.68. The lowest BCUT2D eigenvalue weighted by Gasteiger charge is -2.03. The van der Waals surface area contributed by atoms with E-state index in [4.69, 9.17) is 4.42 Å². The number of allylic oxidation sites excluding steroid dienone is 1. The van der Waals surface area contributed by atoms with E-state index in [0.717, 1.165) is 27.6 Å². The van der Waals surface area contributed by atoms with Gasteiger partial charge in [-0.15, -0.1) is 6.58 Å². The Balaban J connectivity index is 1.92. The lowest BCUT2D eigenvalue weighted by atomic mass is 10.1. The van der Waals surface area contributed by atoms with Crippen LogP contribution in [0.2, 0.25) is 0 Å². The van der Waals surface area contributed by atoms with E-state index in [1.165, 1.54) is 0 Å². The van der Waals surface area contributed by atoms with Crippen molar-refractivity contribution < 1.29 is 9.21 Å². The molecule has 1 amide bonds. The summed E-state index contributed by atoms with van der Waals surface area (Å²) < 4.78 is 5.79. The van der Waals surface area contributed by atoms with Crippen LogP contribution >= 0.6 is 0 Å². The number of rotatable bonds is 4. The Morgan fingerprint density at radius 2 is 1.95 bits per heavy atom. The zero-order chi connectivity index (χ0) is 13.9. The summed E-state index contributed by atoms with van der Waals surface area (Å²) in [4.78, 5) is 11.7. The molecule has 20 heavy (non-hydrogen) atoms. The van der Waals surface area contributed by atoms with Crippen molar-refractivity contribution in [3.05, 3.63) is 55.1 Å². The van der Waals surface area contributed by atoms with E-state index in [0.29, 0.717) is 12.8 Å². The number of benzene rings is 2. The molecular formula is C17H15NO2. The molecular weight excluding hydrogens is 250 g/mol. The zero-order valence-electron chi connectivity index (χ0n) is 11.1. The van der Waals surface area contributed by atoms with E-state index in [1.54, 1.807) is 6.08 Å². The van der Waals surface area contributed by atoms with Gasteiger partial charge in [0, 0.05) is 28.9 Å². The Hall–Kier alpha value is -2.55. The first kappa shape index (κ1) is 12.5. The van der Waals surface area contributed by atoms with Crippen LogP contribution in [-0.2, 0) is 4.79 Å². The fourth-order valence-corrected chi connectivity index (χ4v) is 2.26. The summed E-state index contributed by atoms with van der Waals surface area (Å²) in [6, 6.07) is 13.6. The van der Waals surface area contributed by atoms with E-state index in [9.17, 15) is 4.79 Å². The number of furan rings is 1. The first-order valence-electron chi connectivity index (χ1n) is 6.60. The fraction of sp³-hybridized carbons (Fsp3) is 0.118. The fourth-order valence-electron chi connectivity index (χ4n) is 2.26. The molecule has 0 aliphatic rings. The molecule has 1 N–H and O–H groups in total. The van der Waals surface area contributed by atoms with Crippen LogP contribution in [-0.4, -0.2) is 5.91 Å². The first-order valence-corrected chi connectivity index (χ1v) is 6.60. The van der Waals surface area contributed by atoms with Gasteiger partial charge in [0.2, 0.25) is 5.91 Å². The van der Waals surface area contributed by atoms with Crippen molar-refractivity contribution >= 4 is 33.5 Å². The van der Waals surface area contributed by atoms with Crippen LogP contribution in [0.25, 0.3) is 21.9 Å². The van der Waals surface area contributed by atoms with Crippen LogP contribution in [0.4, 0.5) is 5.69 Å². The highest BCUT2D eigenvalue weighted by atomic mass is 16.3. The van der Waals surface area contributed by atoms with E-state index in [2.05, 4.69) is 11.9 Å². The summed E-state index contributed by atoms with van der Waals surface area (Å²) in [5.74, 6) is -0.0136. The van der Waals surface area contributed by atoms with Gasteiger partial charge in [-0.2, -0.15) is 0 Å². The third-order valence-corrected chi connectivity index (χ3v) is 3.24. The minimum atomic E-state index is -0.0136. The number of hydrogen-bond acceptors (Lipinski definition) is 2. The molecule has 0 unspecified atom stereocenters. The van der Waals surface area contributed by atoms with Gasteiger partial charge in [0.25, 0.3) is 0 Å². The summed E-state index contributed by atoms with van der Waals surface area (Å²) in [6.07, 6.45) is 2.86. The predicted octanol–water partition coefficient (Wildman–Crippen LogP) is 4.49. The van der Waals surface area contributed by atoms with E-state index in [1.807, 2.05) is 42.5 Å². The number of carbonyl (C=O) groups is 1. The topological polar surface area (TPSA) is 42.2 Å². The smallest absolute Gasteiger partial charge is 0.224 e. The molecule has 0 saturated heterocycles. The Kier molecular flexibility index (Phi) is 3.25. The first-order chi connectivity index (χ1) is 9.78. The largest absolute Gasteiger partial charge is 0.456 e. The summed E-state index contributed by atoms with van der Waals surface area (Å²) in [7, 11) is 0. The lowest BCUT2D eigenvalue weighted by Crippen LogP contribution is -2.10. The molecule has 3 heteroatoms. The maximum Gasteiger partial charge on any atom is 0.224 e. The van der Waals surface area contributed by atoms with Gasteiger partial charge in [0.05, 0.1) is 0 Å². The van der Waals surface area contributed by atoms with Gasteiger partial charge in [-0.25, -0.2) is 0 Å². The molecule has 0 saturated carbocycles. The Morgan fingerprint density at radius 3 is 2.80 bits per heavy atom. The normalized spacial score (nSPS) is 10.8. The Bertz CT molecular complexity index is 786. The monoisotopic (exact) mass is 265 g/mol. The molecule has 0 atom stereocenters. The van der Waals surface area contributed by atoms with Crippen molar-refractivity contribution in [1.29, 1.82) is 0 Å². The number of anilines is 1. The van der Waals surface area contributed by atoms with Crippen LogP contribution in [0.1, 0.15) is 12.8 Å². The summed E-state index contributed by atoms with van der Waals surface area (Å²) in [5.41, 5.74) is 2.40. The van der Waals surface area contributed by atoms with E-state index < -0.39 is 0 Å². The summed E-state index contributed by atoms with van der Waals surface area (Å²) in [6.45, 7) is 3.61. The second-order valence-corrected chi connectivity index (χ2v) is 4.68. The van der Waals surface area contributed by atoms with Crippen molar-refractivity contribution in [3.63, 3.8) is 0 Å².